The Morgan fingerprint density at radius 1 is 2.00 bits per heavy atom. The Kier molecular flexibility index (Phi) is 2.55. The van der Waals surface area contributed by atoms with Crippen molar-refractivity contribution in [3.8, 4) is 0 Å². The average molecular weight is 100 g/mol. The summed E-state index contributed by atoms with van der Waals surface area (Å²) in [6.45, 7) is 3.15. The highest BCUT2D eigenvalue weighted by molar-refractivity contribution is 7.97. The molecule has 0 fully saturated rings. The van der Waals surface area contributed by atoms with Crippen LogP contribution in [0.2, 0.25) is 0 Å². The van der Waals surface area contributed by atoms with E-state index < -0.39 is 0 Å². The quantitative estimate of drug-likeness (QED) is 0.293. The molecule has 0 aromatic carbocycles. The minimum absolute atomic E-state index is 0.315. The number of carbonyl (C=O) groups is 1. The average Bonchev–Trinajstić information content (AvgIpc) is 1.35. The molecule has 0 saturated heterocycles. The molecule has 0 aliphatic rings. The summed E-state index contributed by atoms with van der Waals surface area (Å²) >= 11 is 3.38. The number of carbonyl (C=O) groups excluding carboxylic acids is 1. The summed E-state index contributed by atoms with van der Waals surface area (Å²) in [7, 11) is 0. The first-order chi connectivity index (χ1) is 2.77. The molecule has 0 aromatic heterocycles. The maximum atomic E-state index is 9.75. The molecule has 2 heteroatoms. The lowest BCUT2D eigenvalue weighted by molar-refractivity contribution is -0.106. The van der Waals surface area contributed by atoms with Gasteiger partial charge in [-0.1, -0.05) is 6.58 Å². The topological polar surface area (TPSA) is 17.1 Å². The van der Waals surface area contributed by atoms with Gasteiger partial charge in [-0.05, 0) is 0 Å². The Hall–Kier alpha value is -0.460. The van der Waals surface area contributed by atoms with Crippen molar-refractivity contribution in [1.82, 2.24) is 0 Å². The van der Waals surface area contributed by atoms with Crippen molar-refractivity contribution in [2.45, 2.75) is 0 Å². The molecule has 0 radical (unpaired) electrons. The Morgan fingerprint density at radius 2 is 2.50 bits per heavy atom. The molecule has 0 amide bonds. The second-order valence-electron chi connectivity index (χ2n) is 0.687. The molecule has 0 unspecified atom stereocenters. The maximum absolute atomic E-state index is 9.75. The monoisotopic (exact) mass is 100.0 g/mol. The van der Waals surface area contributed by atoms with E-state index >= 15 is 0 Å². The predicted octanol–water partition coefficient (Wildman–Crippen LogP) is 0.784. The normalized spacial score (nSPS) is 6.17. The van der Waals surface area contributed by atoms with E-state index in [4.69, 9.17) is 0 Å². The van der Waals surface area contributed by atoms with Crippen LogP contribution in [-0.4, -0.2) is 5.12 Å². The van der Waals surface area contributed by atoms with E-state index in [9.17, 15) is 4.79 Å². The van der Waals surface area contributed by atoms with Gasteiger partial charge in [0.2, 0.25) is 5.12 Å². The van der Waals surface area contributed by atoms with E-state index in [0.717, 1.165) is 6.08 Å². The van der Waals surface area contributed by atoms with Gasteiger partial charge in [0.1, 0.15) is 0 Å². The molecule has 0 bridgehead atoms. The summed E-state index contributed by atoms with van der Waals surface area (Å²) < 4.78 is 0. The van der Waals surface area contributed by atoms with Crippen LogP contribution in [0.15, 0.2) is 18.4 Å². The molecule has 0 aliphatic heterocycles. The molecule has 0 aliphatic carbocycles. The molecule has 0 saturated carbocycles. The molecule has 0 rings (SSSR count). The van der Waals surface area contributed by atoms with Gasteiger partial charge in [0.15, 0.2) is 0 Å². The van der Waals surface area contributed by atoms with E-state index in [1.807, 2.05) is 0 Å². The number of rotatable bonds is 1. The van der Waals surface area contributed by atoms with Gasteiger partial charge in [0, 0.05) is 6.08 Å². The highest BCUT2D eigenvalue weighted by Gasteiger charge is 1.73. The summed E-state index contributed by atoms with van der Waals surface area (Å²) in [5.74, 6) is 0. The minimum Gasteiger partial charge on any atom is -0.282 e. The van der Waals surface area contributed by atoms with Crippen LogP contribution in [-0.2, 0) is 4.79 Å². The summed E-state index contributed by atoms with van der Waals surface area (Å²) in [5.41, 5.74) is 2.27. The minimum atomic E-state index is -0.315. The first-order valence-corrected chi connectivity index (χ1v) is 1.81. The highest BCUT2D eigenvalue weighted by Crippen LogP contribution is 1.74. The Morgan fingerprint density at radius 3 is 2.50 bits per heavy atom. The standard InChI is InChI=1S/C4H4OS/c1-2-3-4(5)6/h3H,1H2,(H,5,6). The van der Waals surface area contributed by atoms with Crippen molar-refractivity contribution in [2.75, 3.05) is 0 Å². The zero-order valence-electron chi connectivity index (χ0n) is 3.14. The van der Waals surface area contributed by atoms with Gasteiger partial charge < -0.3 is 0 Å². The van der Waals surface area contributed by atoms with Crippen molar-refractivity contribution in [3.63, 3.8) is 0 Å². The number of thiol groups is 1. The van der Waals surface area contributed by atoms with Crippen LogP contribution in [0, 0.1) is 0 Å². The molecular formula is C4H4OS. The number of hydrogen-bond acceptors (Lipinski definition) is 1. The molecule has 0 heterocycles. The lowest BCUT2D eigenvalue weighted by Crippen LogP contribution is -1.69. The summed E-state index contributed by atoms with van der Waals surface area (Å²) in [5, 5.41) is -0.315. The Balaban J connectivity index is 3.60. The summed E-state index contributed by atoms with van der Waals surface area (Å²) in [6.07, 6.45) is 1.16. The van der Waals surface area contributed by atoms with Crippen LogP contribution < -0.4 is 0 Å². The SMILES string of the molecule is C=C=CC(=O)S. The molecule has 0 aromatic rings. The summed E-state index contributed by atoms with van der Waals surface area (Å²) in [4.78, 5) is 9.75. The molecule has 0 N–H and O–H groups in total. The van der Waals surface area contributed by atoms with Crippen molar-refractivity contribution >= 4 is 17.7 Å². The third-order valence-corrected chi connectivity index (χ3v) is 0.355. The molecule has 1 nitrogen and oxygen atoms in total. The van der Waals surface area contributed by atoms with E-state index in [1.165, 1.54) is 0 Å². The number of hydrogen-bond donors (Lipinski definition) is 1. The van der Waals surface area contributed by atoms with E-state index in [-0.39, 0.29) is 5.12 Å². The molecular weight excluding hydrogens is 96.1 g/mol. The molecule has 0 atom stereocenters. The van der Waals surface area contributed by atoms with Crippen molar-refractivity contribution in [3.05, 3.63) is 18.4 Å². The zero-order valence-corrected chi connectivity index (χ0v) is 4.03. The summed E-state index contributed by atoms with van der Waals surface area (Å²) in [6, 6.07) is 0. The Bertz CT molecular complexity index is 100. The van der Waals surface area contributed by atoms with Crippen molar-refractivity contribution in [2.24, 2.45) is 0 Å². The molecule has 32 valence electrons. The van der Waals surface area contributed by atoms with Crippen LogP contribution in [0.25, 0.3) is 0 Å². The van der Waals surface area contributed by atoms with E-state index in [0.29, 0.717) is 0 Å². The fourth-order valence-corrected chi connectivity index (χ4v) is 0.179. The van der Waals surface area contributed by atoms with Gasteiger partial charge >= 0.3 is 0 Å². The van der Waals surface area contributed by atoms with Gasteiger partial charge in [-0.15, -0.1) is 18.4 Å². The fourth-order valence-electron chi connectivity index (χ4n) is 0.0873. The largest absolute Gasteiger partial charge is 0.282 e. The van der Waals surface area contributed by atoms with Crippen LogP contribution in [0.4, 0.5) is 0 Å². The second-order valence-corrected chi connectivity index (χ2v) is 1.13. The van der Waals surface area contributed by atoms with Crippen LogP contribution in [0.1, 0.15) is 0 Å². The van der Waals surface area contributed by atoms with Gasteiger partial charge in [0.25, 0.3) is 0 Å². The van der Waals surface area contributed by atoms with Crippen LogP contribution in [0.5, 0.6) is 0 Å². The third kappa shape index (κ3) is 3.54. The first-order valence-electron chi connectivity index (χ1n) is 1.36. The van der Waals surface area contributed by atoms with E-state index in [1.54, 1.807) is 0 Å². The smallest absolute Gasteiger partial charge is 0.216 e. The van der Waals surface area contributed by atoms with Crippen molar-refractivity contribution in [1.29, 1.82) is 0 Å². The van der Waals surface area contributed by atoms with Gasteiger partial charge in [-0.25, -0.2) is 0 Å². The van der Waals surface area contributed by atoms with E-state index in [2.05, 4.69) is 24.9 Å². The lowest BCUT2D eigenvalue weighted by Gasteiger charge is -1.62. The van der Waals surface area contributed by atoms with Gasteiger partial charge in [-0.2, -0.15) is 0 Å². The first kappa shape index (κ1) is 5.54. The highest BCUT2D eigenvalue weighted by atomic mass is 32.1. The predicted molar refractivity (Wildman–Crippen MR) is 27.7 cm³/mol. The molecule has 0 spiro atoms. The van der Waals surface area contributed by atoms with Crippen molar-refractivity contribution < 1.29 is 4.79 Å². The van der Waals surface area contributed by atoms with Crippen LogP contribution >= 0.6 is 12.6 Å². The van der Waals surface area contributed by atoms with Gasteiger partial charge in [-0.3, -0.25) is 4.79 Å². The Labute approximate surface area is 41.8 Å². The fraction of sp³-hybridized carbons (Fsp3) is 0. The van der Waals surface area contributed by atoms with Crippen LogP contribution in [0.3, 0.4) is 0 Å². The second kappa shape index (κ2) is 2.76. The molecule has 6 heavy (non-hydrogen) atoms. The third-order valence-electron chi connectivity index (χ3n) is 0.226. The maximum Gasteiger partial charge on any atom is 0.216 e. The van der Waals surface area contributed by atoms with Gasteiger partial charge in [0.05, 0.1) is 0 Å². The lowest BCUT2D eigenvalue weighted by atomic mass is 10.7. The zero-order chi connectivity index (χ0) is 4.99.